The van der Waals surface area contributed by atoms with Crippen LogP contribution in [0.1, 0.15) is 28.4 Å². The van der Waals surface area contributed by atoms with Crippen molar-refractivity contribution < 1.29 is 14.3 Å². The highest BCUT2D eigenvalue weighted by molar-refractivity contribution is 6.35. The Labute approximate surface area is 185 Å². The zero-order valence-electron chi connectivity index (χ0n) is 16.3. The average Bonchev–Trinajstić information content (AvgIpc) is 2.74. The van der Waals surface area contributed by atoms with E-state index in [9.17, 15) is 4.79 Å². The van der Waals surface area contributed by atoms with Gasteiger partial charge in [-0.15, -0.1) is 0 Å². The summed E-state index contributed by atoms with van der Waals surface area (Å²) < 4.78 is 11.2. The van der Waals surface area contributed by atoms with Crippen LogP contribution >= 0.6 is 23.2 Å². The lowest BCUT2D eigenvalue weighted by Gasteiger charge is -2.08. The van der Waals surface area contributed by atoms with Gasteiger partial charge in [-0.05, 0) is 61.0 Å². The topological polar surface area (TPSA) is 59.9 Å². The standard InChI is InChI=1S/C23H20Cl2N2O3/c1-2-29-20-10-7-17(8-11-20)23(28)27-26-14-16-4-3-5-21(12-16)30-15-18-6-9-19(24)13-22(18)25/h3-14H,2,15H2,1H3,(H,27,28)/b26-14-. The predicted octanol–water partition coefficient (Wildman–Crippen LogP) is 5.74. The molecule has 0 aliphatic rings. The molecule has 0 aromatic heterocycles. The third-order valence-electron chi connectivity index (χ3n) is 4.07. The Morgan fingerprint density at radius 3 is 2.53 bits per heavy atom. The zero-order valence-corrected chi connectivity index (χ0v) is 17.8. The van der Waals surface area contributed by atoms with Gasteiger partial charge in [0.2, 0.25) is 0 Å². The van der Waals surface area contributed by atoms with Gasteiger partial charge in [0.05, 0.1) is 12.8 Å². The van der Waals surface area contributed by atoms with Crippen LogP contribution < -0.4 is 14.9 Å². The quantitative estimate of drug-likeness (QED) is 0.357. The summed E-state index contributed by atoms with van der Waals surface area (Å²) in [5, 5.41) is 5.14. The smallest absolute Gasteiger partial charge is 0.271 e. The molecular formula is C23H20Cl2N2O3. The Hall–Kier alpha value is -3.02. The molecule has 0 fully saturated rings. The molecule has 0 atom stereocenters. The van der Waals surface area contributed by atoms with Crippen LogP contribution in [0.2, 0.25) is 10.0 Å². The van der Waals surface area contributed by atoms with Crippen molar-refractivity contribution in [2.24, 2.45) is 5.10 Å². The van der Waals surface area contributed by atoms with Crippen molar-refractivity contribution in [3.05, 3.63) is 93.5 Å². The summed E-state index contributed by atoms with van der Waals surface area (Å²) in [4.78, 5) is 12.2. The fourth-order valence-corrected chi connectivity index (χ4v) is 3.05. The Balaban J connectivity index is 1.56. The minimum atomic E-state index is -0.306. The monoisotopic (exact) mass is 442 g/mol. The molecule has 0 saturated heterocycles. The van der Waals surface area contributed by atoms with Crippen LogP contribution in [0, 0.1) is 0 Å². The van der Waals surface area contributed by atoms with Crippen LogP contribution in [0.4, 0.5) is 0 Å². The molecule has 30 heavy (non-hydrogen) atoms. The van der Waals surface area contributed by atoms with E-state index < -0.39 is 0 Å². The first-order valence-corrected chi connectivity index (χ1v) is 10.0. The van der Waals surface area contributed by atoms with Gasteiger partial charge in [0.25, 0.3) is 5.91 Å². The molecule has 0 saturated carbocycles. The molecular weight excluding hydrogens is 423 g/mol. The number of ether oxygens (including phenoxy) is 2. The molecule has 1 amide bonds. The summed E-state index contributed by atoms with van der Waals surface area (Å²) >= 11 is 12.1. The van der Waals surface area contributed by atoms with E-state index in [1.165, 1.54) is 0 Å². The summed E-state index contributed by atoms with van der Waals surface area (Å²) in [6.07, 6.45) is 1.55. The predicted molar refractivity (Wildman–Crippen MR) is 120 cm³/mol. The molecule has 0 bridgehead atoms. The minimum absolute atomic E-state index is 0.306. The third-order valence-corrected chi connectivity index (χ3v) is 4.66. The Morgan fingerprint density at radius 1 is 1.00 bits per heavy atom. The second-order valence-electron chi connectivity index (χ2n) is 6.25. The highest BCUT2D eigenvalue weighted by atomic mass is 35.5. The maximum absolute atomic E-state index is 12.2. The number of halogens is 2. The maximum Gasteiger partial charge on any atom is 0.271 e. The van der Waals surface area contributed by atoms with Gasteiger partial charge >= 0.3 is 0 Å². The molecule has 7 heteroatoms. The van der Waals surface area contributed by atoms with Crippen LogP contribution in [-0.2, 0) is 6.61 Å². The minimum Gasteiger partial charge on any atom is -0.494 e. The first-order valence-electron chi connectivity index (χ1n) is 9.28. The molecule has 0 spiro atoms. The van der Waals surface area contributed by atoms with Gasteiger partial charge in [0, 0.05) is 21.2 Å². The van der Waals surface area contributed by atoms with Crippen LogP contribution in [0.15, 0.2) is 71.8 Å². The summed E-state index contributed by atoms with van der Waals surface area (Å²) in [6.45, 7) is 2.79. The van der Waals surface area contributed by atoms with E-state index in [1.54, 1.807) is 42.6 Å². The fraction of sp³-hybridized carbons (Fsp3) is 0.130. The Bertz CT molecular complexity index is 1040. The van der Waals surface area contributed by atoms with Crippen LogP contribution in [-0.4, -0.2) is 18.7 Å². The molecule has 3 rings (SSSR count). The van der Waals surface area contributed by atoms with E-state index >= 15 is 0 Å². The molecule has 154 valence electrons. The number of amides is 1. The number of benzene rings is 3. The molecule has 0 heterocycles. The van der Waals surface area contributed by atoms with E-state index in [0.717, 1.165) is 11.1 Å². The molecule has 0 unspecified atom stereocenters. The Kier molecular flexibility index (Phi) is 7.71. The lowest BCUT2D eigenvalue weighted by Crippen LogP contribution is -2.17. The molecule has 3 aromatic carbocycles. The van der Waals surface area contributed by atoms with Crippen LogP contribution in [0.3, 0.4) is 0 Å². The fourth-order valence-electron chi connectivity index (χ4n) is 2.58. The van der Waals surface area contributed by atoms with Gasteiger partial charge in [-0.3, -0.25) is 4.79 Å². The molecule has 3 aromatic rings. The largest absolute Gasteiger partial charge is 0.494 e. The summed E-state index contributed by atoms with van der Waals surface area (Å²) in [5.74, 6) is 1.07. The maximum atomic E-state index is 12.2. The number of nitrogens with zero attached hydrogens (tertiary/aromatic N) is 1. The molecule has 0 aliphatic heterocycles. The van der Waals surface area contributed by atoms with E-state index in [1.807, 2.05) is 37.3 Å². The molecule has 1 N–H and O–H groups in total. The van der Waals surface area contributed by atoms with E-state index in [-0.39, 0.29) is 5.91 Å². The van der Waals surface area contributed by atoms with Crippen molar-refractivity contribution in [1.82, 2.24) is 5.43 Å². The Morgan fingerprint density at radius 2 is 1.80 bits per heavy atom. The van der Waals surface area contributed by atoms with Crippen molar-refractivity contribution in [1.29, 1.82) is 0 Å². The van der Waals surface area contributed by atoms with E-state index in [0.29, 0.717) is 40.3 Å². The van der Waals surface area contributed by atoms with E-state index in [4.69, 9.17) is 32.7 Å². The molecule has 0 aliphatic carbocycles. The number of hydrogen-bond donors (Lipinski definition) is 1. The van der Waals surface area contributed by atoms with Crippen molar-refractivity contribution in [3.8, 4) is 11.5 Å². The van der Waals surface area contributed by atoms with Crippen LogP contribution in [0.5, 0.6) is 11.5 Å². The summed E-state index contributed by atoms with van der Waals surface area (Å²) in [5.41, 5.74) is 4.62. The van der Waals surface area contributed by atoms with Gasteiger partial charge in [-0.2, -0.15) is 5.10 Å². The summed E-state index contributed by atoms with van der Waals surface area (Å²) in [6, 6.07) is 19.5. The first-order chi connectivity index (χ1) is 14.5. The van der Waals surface area contributed by atoms with Crippen LogP contribution in [0.25, 0.3) is 0 Å². The lowest BCUT2D eigenvalue weighted by molar-refractivity contribution is 0.0955. The third kappa shape index (κ3) is 6.24. The van der Waals surface area contributed by atoms with Gasteiger partial charge in [-0.1, -0.05) is 41.4 Å². The van der Waals surface area contributed by atoms with Gasteiger partial charge in [0.15, 0.2) is 0 Å². The number of carbonyl (C=O) groups excluding carboxylic acids is 1. The molecule has 0 radical (unpaired) electrons. The molecule has 5 nitrogen and oxygen atoms in total. The van der Waals surface area contributed by atoms with Gasteiger partial charge in [-0.25, -0.2) is 5.43 Å². The summed E-state index contributed by atoms with van der Waals surface area (Å²) in [7, 11) is 0. The first kappa shape index (κ1) is 21.7. The number of hydrogen-bond acceptors (Lipinski definition) is 4. The zero-order chi connectivity index (χ0) is 21.3. The highest BCUT2D eigenvalue weighted by Crippen LogP contribution is 2.23. The second kappa shape index (κ2) is 10.7. The van der Waals surface area contributed by atoms with Crippen molar-refractivity contribution in [2.45, 2.75) is 13.5 Å². The van der Waals surface area contributed by atoms with Gasteiger partial charge < -0.3 is 9.47 Å². The normalized spacial score (nSPS) is 10.8. The van der Waals surface area contributed by atoms with Crippen molar-refractivity contribution in [2.75, 3.05) is 6.61 Å². The van der Waals surface area contributed by atoms with Gasteiger partial charge in [0.1, 0.15) is 18.1 Å². The van der Waals surface area contributed by atoms with Crippen molar-refractivity contribution >= 4 is 35.3 Å². The highest BCUT2D eigenvalue weighted by Gasteiger charge is 2.05. The SMILES string of the molecule is CCOc1ccc(C(=O)N/N=C\c2cccc(OCc3ccc(Cl)cc3Cl)c2)cc1. The number of rotatable bonds is 8. The number of nitrogens with one attached hydrogen (secondary N) is 1. The van der Waals surface area contributed by atoms with Crippen molar-refractivity contribution in [3.63, 3.8) is 0 Å². The lowest BCUT2D eigenvalue weighted by atomic mass is 10.2. The van der Waals surface area contributed by atoms with E-state index in [2.05, 4.69) is 10.5 Å². The average molecular weight is 443 g/mol. The number of hydrazone groups is 1. The number of carbonyl (C=O) groups is 1. The second-order valence-corrected chi connectivity index (χ2v) is 7.10.